The van der Waals surface area contributed by atoms with Crippen LogP contribution in [0.2, 0.25) is 0 Å². The summed E-state index contributed by atoms with van der Waals surface area (Å²) in [5.41, 5.74) is 2.32. The summed E-state index contributed by atoms with van der Waals surface area (Å²) in [6.45, 7) is 4.05. The van der Waals surface area contributed by atoms with Crippen molar-refractivity contribution in [1.29, 1.82) is 0 Å². The fourth-order valence-electron chi connectivity index (χ4n) is 0.800. The third kappa shape index (κ3) is 1.28. The molecule has 1 rings (SSSR count). The molecule has 0 fully saturated rings. The Kier molecular flexibility index (Phi) is 1.83. The molecular formula is C8H10N. The van der Waals surface area contributed by atoms with Crippen LogP contribution in [0.25, 0.3) is 0 Å². The maximum atomic E-state index is 4.14. The zero-order chi connectivity index (χ0) is 6.69. The second-order valence-electron chi connectivity index (χ2n) is 1.99. The molecule has 1 heteroatoms. The van der Waals surface area contributed by atoms with E-state index in [1.807, 2.05) is 25.6 Å². The topological polar surface area (TPSA) is 12.9 Å². The number of hydrogen-bond acceptors (Lipinski definition) is 1. The fourth-order valence-corrected chi connectivity index (χ4v) is 0.800. The summed E-state index contributed by atoms with van der Waals surface area (Å²) in [4.78, 5) is 4.14. The highest BCUT2D eigenvalue weighted by molar-refractivity contribution is 5.22. The van der Waals surface area contributed by atoms with E-state index in [1.54, 1.807) is 0 Å². The zero-order valence-corrected chi connectivity index (χ0v) is 5.76. The summed E-state index contributed by atoms with van der Waals surface area (Å²) in [7, 11) is 0. The second-order valence-corrected chi connectivity index (χ2v) is 1.99. The van der Waals surface area contributed by atoms with Crippen LogP contribution in [0.4, 0.5) is 0 Å². The number of aromatic nitrogens is 1. The Morgan fingerprint density at radius 3 is 2.78 bits per heavy atom. The van der Waals surface area contributed by atoms with Gasteiger partial charge in [0.05, 0.1) is 0 Å². The van der Waals surface area contributed by atoms with Crippen LogP contribution in [-0.2, 0) is 0 Å². The predicted molar refractivity (Wildman–Crippen MR) is 38.1 cm³/mol. The van der Waals surface area contributed by atoms with Crippen molar-refractivity contribution in [3.8, 4) is 0 Å². The Bertz CT molecular complexity index is 194. The highest BCUT2D eigenvalue weighted by Gasteiger charge is 1.91. The number of hydrogen-bond donors (Lipinski definition) is 0. The molecule has 9 heavy (non-hydrogen) atoms. The van der Waals surface area contributed by atoms with Crippen molar-refractivity contribution >= 4 is 0 Å². The highest BCUT2D eigenvalue weighted by atomic mass is 14.7. The fraction of sp³-hybridized carbons (Fsp3) is 0.250. The van der Waals surface area contributed by atoms with E-state index in [1.165, 1.54) is 5.56 Å². The van der Waals surface area contributed by atoms with Gasteiger partial charge in [-0.25, -0.2) is 0 Å². The van der Waals surface area contributed by atoms with Crippen LogP contribution in [0, 0.1) is 13.3 Å². The lowest BCUT2D eigenvalue weighted by Gasteiger charge is -1.96. The molecule has 0 atom stereocenters. The Balaban J connectivity index is 3.01. The van der Waals surface area contributed by atoms with Gasteiger partial charge in [0.25, 0.3) is 0 Å². The largest absolute Gasteiger partial charge is 0.261 e. The average Bonchev–Trinajstić information content (AvgIpc) is 1.89. The van der Waals surface area contributed by atoms with Gasteiger partial charge in [0.1, 0.15) is 0 Å². The molecular weight excluding hydrogens is 110 g/mol. The van der Waals surface area contributed by atoms with Gasteiger partial charge in [0.15, 0.2) is 0 Å². The highest BCUT2D eigenvalue weighted by Crippen LogP contribution is 2.03. The van der Waals surface area contributed by atoms with Crippen LogP contribution in [0.1, 0.15) is 18.2 Å². The molecule has 0 spiro atoms. The molecule has 1 radical (unpaired) electrons. The lowest BCUT2D eigenvalue weighted by atomic mass is 10.2. The molecule has 0 aliphatic rings. The molecule has 0 aliphatic heterocycles. The molecule has 0 unspecified atom stereocenters. The van der Waals surface area contributed by atoms with E-state index in [9.17, 15) is 0 Å². The smallest absolute Gasteiger partial charge is 0.0467 e. The van der Waals surface area contributed by atoms with Crippen molar-refractivity contribution in [2.24, 2.45) is 0 Å². The molecule has 0 amide bonds. The van der Waals surface area contributed by atoms with Crippen LogP contribution in [0.5, 0.6) is 0 Å². The van der Waals surface area contributed by atoms with E-state index in [-0.39, 0.29) is 0 Å². The first-order valence-corrected chi connectivity index (χ1v) is 3.05. The third-order valence-electron chi connectivity index (χ3n) is 1.32. The zero-order valence-electron chi connectivity index (χ0n) is 5.76. The molecule has 47 valence electrons. The van der Waals surface area contributed by atoms with E-state index >= 15 is 0 Å². The standard InChI is InChI=1S/C8H10N/c1-3-8-7(2)5-4-6-9-8/h3-6H,1-2H3. The van der Waals surface area contributed by atoms with Crippen LogP contribution < -0.4 is 0 Å². The van der Waals surface area contributed by atoms with Crippen LogP contribution in [0.15, 0.2) is 18.3 Å². The van der Waals surface area contributed by atoms with E-state index < -0.39 is 0 Å². The molecule has 1 aromatic heterocycles. The molecule has 0 aliphatic carbocycles. The number of pyridine rings is 1. The van der Waals surface area contributed by atoms with Crippen molar-refractivity contribution < 1.29 is 0 Å². The minimum Gasteiger partial charge on any atom is -0.261 e. The first-order valence-electron chi connectivity index (χ1n) is 3.05. The second kappa shape index (κ2) is 2.62. The Labute approximate surface area is 55.7 Å². The van der Waals surface area contributed by atoms with Crippen LogP contribution in [-0.4, -0.2) is 4.98 Å². The van der Waals surface area contributed by atoms with E-state index in [2.05, 4.69) is 18.0 Å². The van der Waals surface area contributed by atoms with E-state index in [0.717, 1.165) is 5.69 Å². The Morgan fingerprint density at radius 2 is 2.33 bits per heavy atom. The molecule has 0 N–H and O–H groups in total. The summed E-state index contributed by atoms with van der Waals surface area (Å²) in [6.07, 6.45) is 3.82. The SMILES string of the molecule is C[CH]c1ncccc1C. The summed E-state index contributed by atoms with van der Waals surface area (Å²) in [5, 5.41) is 0. The summed E-state index contributed by atoms with van der Waals surface area (Å²) >= 11 is 0. The monoisotopic (exact) mass is 120 g/mol. The van der Waals surface area contributed by atoms with Crippen molar-refractivity contribution in [2.75, 3.05) is 0 Å². The average molecular weight is 120 g/mol. The predicted octanol–water partition coefficient (Wildman–Crippen LogP) is 1.96. The van der Waals surface area contributed by atoms with Crippen molar-refractivity contribution in [1.82, 2.24) is 4.98 Å². The first kappa shape index (κ1) is 6.27. The van der Waals surface area contributed by atoms with Gasteiger partial charge in [-0.15, -0.1) is 0 Å². The minimum atomic E-state index is 1.08. The number of nitrogens with zero attached hydrogens (tertiary/aromatic N) is 1. The molecule has 1 nitrogen and oxygen atoms in total. The molecule has 0 saturated heterocycles. The normalized spacial score (nSPS) is 9.56. The van der Waals surface area contributed by atoms with Gasteiger partial charge in [0, 0.05) is 18.3 Å². The van der Waals surface area contributed by atoms with Crippen LogP contribution in [0.3, 0.4) is 0 Å². The molecule has 1 aromatic rings. The van der Waals surface area contributed by atoms with E-state index in [0.29, 0.717) is 0 Å². The molecule has 0 saturated carbocycles. The van der Waals surface area contributed by atoms with Crippen molar-refractivity contribution in [2.45, 2.75) is 13.8 Å². The summed E-state index contributed by atoms with van der Waals surface area (Å²) < 4.78 is 0. The Hall–Kier alpha value is -0.850. The third-order valence-corrected chi connectivity index (χ3v) is 1.32. The molecule has 0 aromatic carbocycles. The number of aryl methyl sites for hydroxylation is 1. The Morgan fingerprint density at radius 1 is 1.56 bits per heavy atom. The van der Waals surface area contributed by atoms with Gasteiger partial charge < -0.3 is 0 Å². The van der Waals surface area contributed by atoms with Gasteiger partial charge >= 0.3 is 0 Å². The maximum Gasteiger partial charge on any atom is 0.0467 e. The van der Waals surface area contributed by atoms with Gasteiger partial charge in [-0.1, -0.05) is 13.0 Å². The lowest BCUT2D eigenvalue weighted by molar-refractivity contribution is 1.16. The van der Waals surface area contributed by atoms with E-state index in [4.69, 9.17) is 0 Å². The molecule has 0 bridgehead atoms. The van der Waals surface area contributed by atoms with Crippen molar-refractivity contribution in [3.63, 3.8) is 0 Å². The lowest BCUT2D eigenvalue weighted by Crippen LogP contribution is -1.86. The van der Waals surface area contributed by atoms with Gasteiger partial charge in [-0.2, -0.15) is 0 Å². The first-order chi connectivity index (χ1) is 4.34. The summed E-state index contributed by atoms with van der Waals surface area (Å²) in [5.74, 6) is 0. The van der Waals surface area contributed by atoms with Gasteiger partial charge in [0.2, 0.25) is 0 Å². The van der Waals surface area contributed by atoms with Crippen LogP contribution >= 0.6 is 0 Å². The number of rotatable bonds is 1. The minimum absolute atomic E-state index is 1.08. The quantitative estimate of drug-likeness (QED) is 0.552. The molecule has 1 heterocycles. The van der Waals surface area contributed by atoms with Gasteiger partial charge in [-0.05, 0) is 18.6 Å². The van der Waals surface area contributed by atoms with Crippen molar-refractivity contribution in [3.05, 3.63) is 36.0 Å². The maximum absolute atomic E-state index is 4.14. The summed E-state index contributed by atoms with van der Waals surface area (Å²) in [6, 6.07) is 4.00. The van der Waals surface area contributed by atoms with Gasteiger partial charge in [-0.3, -0.25) is 4.98 Å².